The zero-order valence-electron chi connectivity index (χ0n) is 11.2. The number of carbonyl (C=O) groups is 2. The van der Waals surface area contributed by atoms with E-state index in [1.165, 1.54) is 4.88 Å². The first kappa shape index (κ1) is 15.1. The molecule has 0 radical (unpaired) electrons. The number of allylic oxidation sites excluding steroid dienone is 1. The van der Waals surface area contributed by atoms with Crippen LogP contribution >= 0.6 is 23.1 Å². The number of fused-ring (bicyclic) bond motifs is 1. The number of amides is 1. The summed E-state index contributed by atoms with van der Waals surface area (Å²) in [6.45, 7) is 1.83. The van der Waals surface area contributed by atoms with Gasteiger partial charge >= 0.3 is 5.97 Å². The average molecular weight is 311 g/mol. The van der Waals surface area contributed by atoms with Gasteiger partial charge in [-0.25, -0.2) is 4.79 Å². The van der Waals surface area contributed by atoms with Gasteiger partial charge in [0.05, 0.1) is 0 Å². The second kappa shape index (κ2) is 6.95. The Balaban J connectivity index is 2.07. The summed E-state index contributed by atoms with van der Waals surface area (Å²) >= 11 is 3.24. The van der Waals surface area contributed by atoms with E-state index >= 15 is 0 Å². The number of aliphatic carboxylic acids is 1. The van der Waals surface area contributed by atoms with Crippen LogP contribution in [0.5, 0.6) is 0 Å². The summed E-state index contributed by atoms with van der Waals surface area (Å²) in [5.41, 5.74) is 1.04. The molecule has 0 aliphatic carbocycles. The molecule has 1 aromatic heterocycles. The molecule has 2 atom stereocenters. The van der Waals surface area contributed by atoms with E-state index in [0.29, 0.717) is 6.42 Å². The van der Waals surface area contributed by atoms with Crippen LogP contribution in [0.25, 0.3) is 0 Å². The molecule has 1 amide bonds. The van der Waals surface area contributed by atoms with Crippen LogP contribution in [0.3, 0.4) is 0 Å². The fourth-order valence-corrected chi connectivity index (χ4v) is 4.41. The predicted molar refractivity (Wildman–Crippen MR) is 82.2 cm³/mol. The fraction of sp³-hybridized carbons (Fsp3) is 0.429. The molecular formula is C14H17NO3S2. The van der Waals surface area contributed by atoms with Crippen molar-refractivity contribution < 1.29 is 14.7 Å². The van der Waals surface area contributed by atoms with Crippen LogP contribution in [0, 0.1) is 0 Å². The van der Waals surface area contributed by atoms with Gasteiger partial charge in [-0.05, 0) is 42.5 Å². The first-order valence-corrected chi connectivity index (χ1v) is 8.38. The monoisotopic (exact) mass is 311 g/mol. The first-order valence-electron chi connectivity index (χ1n) is 6.45. The largest absolute Gasteiger partial charge is 0.480 e. The molecule has 4 nitrogen and oxygen atoms in total. The highest BCUT2D eigenvalue weighted by atomic mass is 32.2. The molecule has 20 heavy (non-hydrogen) atoms. The topological polar surface area (TPSA) is 66.4 Å². The van der Waals surface area contributed by atoms with E-state index in [1.807, 2.05) is 18.4 Å². The zero-order chi connectivity index (χ0) is 14.5. The normalized spacial score (nSPS) is 19.6. The van der Waals surface area contributed by atoms with Crippen molar-refractivity contribution in [1.29, 1.82) is 0 Å². The van der Waals surface area contributed by atoms with Crippen molar-refractivity contribution in [3.05, 3.63) is 34.0 Å². The number of rotatable bonds is 5. The van der Waals surface area contributed by atoms with Crippen molar-refractivity contribution in [3.63, 3.8) is 0 Å². The Kier molecular flexibility index (Phi) is 5.25. The number of nitrogens with one attached hydrogen (secondary N) is 1. The molecule has 1 aromatic rings. The summed E-state index contributed by atoms with van der Waals surface area (Å²) < 4.78 is 0. The molecule has 0 bridgehead atoms. The fourth-order valence-electron chi connectivity index (χ4n) is 2.10. The standard InChI is InChI=1S/C14H17NO3S2/c1-2-3-4-10(14(17)18)15-13(16)12-9-5-7-19-11(9)6-8-20-12/h2-3,5,7,10,12H,4,6,8H2,1H3,(H,15,16)(H,17,18)/b3-2+. The van der Waals surface area contributed by atoms with Gasteiger partial charge in [0.25, 0.3) is 0 Å². The Morgan fingerprint density at radius 1 is 1.60 bits per heavy atom. The summed E-state index contributed by atoms with van der Waals surface area (Å²) in [5, 5.41) is 13.5. The van der Waals surface area contributed by atoms with Crippen molar-refractivity contribution in [3.8, 4) is 0 Å². The molecular weight excluding hydrogens is 294 g/mol. The van der Waals surface area contributed by atoms with Gasteiger partial charge in [-0.15, -0.1) is 23.1 Å². The highest BCUT2D eigenvalue weighted by Crippen LogP contribution is 2.39. The third kappa shape index (κ3) is 3.43. The number of carboxylic acids is 1. The van der Waals surface area contributed by atoms with Gasteiger partial charge in [0.15, 0.2) is 0 Å². The van der Waals surface area contributed by atoms with Crippen LogP contribution in [-0.2, 0) is 16.0 Å². The van der Waals surface area contributed by atoms with Gasteiger partial charge in [0, 0.05) is 4.88 Å². The van der Waals surface area contributed by atoms with Crippen LogP contribution < -0.4 is 5.32 Å². The SMILES string of the molecule is C/C=C/CC(NC(=O)C1SCCc2sccc21)C(=O)O. The molecule has 108 valence electrons. The van der Waals surface area contributed by atoms with Crippen molar-refractivity contribution in [2.45, 2.75) is 31.1 Å². The maximum atomic E-state index is 12.3. The zero-order valence-corrected chi connectivity index (χ0v) is 12.8. The van der Waals surface area contributed by atoms with Crippen molar-refractivity contribution in [2.75, 3.05) is 5.75 Å². The van der Waals surface area contributed by atoms with Crippen LogP contribution in [0.1, 0.15) is 29.0 Å². The molecule has 0 spiro atoms. The highest BCUT2D eigenvalue weighted by molar-refractivity contribution is 8.00. The Labute approximate surface area is 126 Å². The molecule has 0 aromatic carbocycles. The first-order chi connectivity index (χ1) is 9.63. The molecule has 0 saturated carbocycles. The van der Waals surface area contributed by atoms with Crippen molar-refractivity contribution in [1.82, 2.24) is 5.32 Å². The molecule has 0 saturated heterocycles. The number of thioether (sulfide) groups is 1. The lowest BCUT2D eigenvalue weighted by atomic mass is 10.1. The lowest BCUT2D eigenvalue weighted by molar-refractivity contribution is -0.141. The van der Waals surface area contributed by atoms with Crippen LogP contribution in [0.2, 0.25) is 0 Å². The molecule has 0 fully saturated rings. The Bertz CT molecular complexity index is 524. The number of carbonyl (C=O) groups excluding carboxylic acids is 1. The third-order valence-electron chi connectivity index (χ3n) is 3.14. The van der Waals surface area contributed by atoms with E-state index in [-0.39, 0.29) is 11.2 Å². The minimum atomic E-state index is -0.997. The quantitative estimate of drug-likeness (QED) is 0.820. The summed E-state index contributed by atoms with van der Waals surface area (Å²) in [6.07, 6.45) is 4.84. The maximum Gasteiger partial charge on any atom is 0.326 e. The minimum absolute atomic E-state index is 0.203. The van der Waals surface area contributed by atoms with Gasteiger partial charge in [0.1, 0.15) is 11.3 Å². The highest BCUT2D eigenvalue weighted by Gasteiger charge is 2.30. The number of hydrogen-bond donors (Lipinski definition) is 2. The molecule has 2 rings (SSSR count). The van der Waals surface area contributed by atoms with E-state index in [9.17, 15) is 9.59 Å². The lowest BCUT2D eigenvalue weighted by Crippen LogP contribution is -2.42. The Morgan fingerprint density at radius 3 is 3.10 bits per heavy atom. The maximum absolute atomic E-state index is 12.3. The summed E-state index contributed by atoms with van der Waals surface area (Å²) in [7, 11) is 0. The second-order valence-corrected chi connectivity index (χ2v) is 6.72. The van der Waals surface area contributed by atoms with Gasteiger partial charge in [0.2, 0.25) is 5.91 Å². The van der Waals surface area contributed by atoms with E-state index < -0.39 is 12.0 Å². The van der Waals surface area contributed by atoms with Crippen LogP contribution in [0.4, 0.5) is 0 Å². The molecule has 2 heterocycles. The molecule has 2 N–H and O–H groups in total. The molecule has 1 aliphatic heterocycles. The van der Waals surface area contributed by atoms with E-state index in [0.717, 1.165) is 17.7 Å². The molecule has 1 aliphatic rings. The van der Waals surface area contributed by atoms with Crippen molar-refractivity contribution >= 4 is 35.0 Å². The van der Waals surface area contributed by atoms with E-state index in [2.05, 4.69) is 5.32 Å². The van der Waals surface area contributed by atoms with E-state index in [4.69, 9.17) is 5.11 Å². The smallest absolute Gasteiger partial charge is 0.326 e. The summed E-state index contributed by atoms with van der Waals surface area (Å²) in [5.74, 6) is -0.299. The van der Waals surface area contributed by atoms with Gasteiger partial charge in [-0.2, -0.15) is 0 Å². The van der Waals surface area contributed by atoms with Crippen LogP contribution in [0.15, 0.2) is 23.6 Å². The average Bonchev–Trinajstić information content (AvgIpc) is 2.90. The predicted octanol–water partition coefficient (Wildman–Crippen LogP) is 2.61. The van der Waals surface area contributed by atoms with Crippen LogP contribution in [-0.4, -0.2) is 28.8 Å². The van der Waals surface area contributed by atoms with E-state index in [1.54, 1.807) is 35.3 Å². The summed E-state index contributed by atoms with van der Waals surface area (Å²) in [6, 6.07) is 1.11. The Hall–Kier alpha value is -1.27. The second-order valence-electron chi connectivity index (χ2n) is 4.50. The number of carboxylic acid groups (broad SMARTS) is 1. The number of thiophene rings is 1. The summed E-state index contributed by atoms with van der Waals surface area (Å²) in [4.78, 5) is 24.7. The van der Waals surface area contributed by atoms with Gasteiger partial charge in [-0.3, -0.25) is 4.79 Å². The molecule has 6 heteroatoms. The number of aryl methyl sites for hydroxylation is 1. The lowest BCUT2D eigenvalue weighted by Gasteiger charge is -2.23. The van der Waals surface area contributed by atoms with Gasteiger partial charge in [-0.1, -0.05) is 12.2 Å². The molecule has 2 unspecified atom stereocenters. The van der Waals surface area contributed by atoms with Gasteiger partial charge < -0.3 is 10.4 Å². The number of hydrogen-bond acceptors (Lipinski definition) is 4. The third-order valence-corrected chi connectivity index (χ3v) is 5.37. The minimum Gasteiger partial charge on any atom is -0.480 e. The van der Waals surface area contributed by atoms with Crippen molar-refractivity contribution in [2.24, 2.45) is 0 Å². The Morgan fingerprint density at radius 2 is 2.40 bits per heavy atom.